The van der Waals surface area contributed by atoms with E-state index in [-0.39, 0.29) is 0 Å². The lowest BCUT2D eigenvalue weighted by molar-refractivity contribution is -0.616. The van der Waals surface area contributed by atoms with Crippen LogP contribution in [0.25, 0.3) is 45.1 Å². The fraction of sp³-hybridized carbons (Fsp3) is 0.258. The largest absolute Gasteiger partial charge is 0.447 e. The molecule has 2 aromatic heterocycles. The fourth-order valence-corrected chi connectivity index (χ4v) is 5.75. The van der Waals surface area contributed by atoms with Crippen molar-refractivity contribution >= 4 is 62.6 Å². The molecule has 182 valence electrons. The van der Waals surface area contributed by atoms with Gasteiger partial charge in [-0.3, -0.25) is 0 Å². The van der Waals surface area contributed by atoms with Gasteiger partial charge in [-0.25, -0.2) is 0 Å². The highest BCUT2D eigenvalue weighted by Gasteiger charge is 2.24. The van der Waals surface area contributed by atoms with E-state index in [4.69, 9.17) is 4.42 Å². The molecule has 0 bridgehead atoms. The molecule has 1 aliphatic rings. The molecule has 1 saturated heterocycles. The average Bonchev–Trinajstić information content (AvgIpc) is 3.58. The smallest absolute Gasteiger partial charge is 0.261 e. The van der Waals surface area contributed by atoms with Crippen LogP contribution in [0.5, 0.6) is 0 Å². The van der Waals surface area contributed by atoms with E-state index in [0.717, 1.165) is 40.8 Å². The van der Waals surface area contributed by atoms with E-state index >= 15 is 0 Å². The maximum Gasteiger partial charge on any atom is 0.261 e. The first-order chi connectivity index (χ1) is 17.7. The van der Waals surface area contributed by atoms with Crippen LogP contribution >= 0.6 is 11.8 Å². The third kappa shape index (κ3) is 4.38. The minimum atomic E-state index is 0.905. The third-order valence-corrected chi connectivity index (χ3v) is 8.04. The summed E-state index contributed by atoms with van der Waals surface area (Å²) in [6.07, 6.45) is 9.12. The minimum absolute atomic E-state index is 0.905. The van der Waals surface area contributed by atoms with Crippen molar-refractivity contribution in [2.24, 2.45) is 7.05 Å². The molecular formula is C31H32N3OS+. The summed E-state index contributed by atoms with van der Waals surface area (Å²) < 4.78 is 8.72. The van der Waals surface area contributed by atoms with E-state index in [0.29, 0.717) is 0 Å². The second-order valence-electron chi connectivity index (χ2n) is 9.57. The van der Waals surface area contributed by atoms with Gasteiger partial charge in [0.1, 0.15) is 12.6 Å². The monoisotopic (exact) mass is 494 g/mol. The van der Waals surface area contributed by atoms with Crippen LogP contribution in [0.3, 0.4) is 0 Å². The number of likely N-dealkylation sites (tertiary alicyclic amines) is 1. The first kappa shape index (κ1) is 23.1. The van der Waals surface area contributed by atoms with E-state index in [1.54, 1.807) is 11.8 Å². The Bertz CT molecular complexity index is 1560. The van der Waals surface area contributed by atoms with Crippen molar-refractivity contribution in [2.45, 2.75) is 17.7 Å². The van der Waals surface area contributed by atoms with Crippen LogP contribution in [-0.4, -0.2) is 37.3 Å². The summed E-state index contributed by atoms with van der Waals surface area (Å²) in [6.45, 7) is 4.38. The summed E-state index contributed by atoms with van der Waals surface area (Å²) >= 11 is 1.77. The second-order valence-corrected chi connectivity index (χ2v) is 10.4. The Hall–Kier alpha value is -3.28. The zero-order valence-corrected chi connectivity index (χ0v) is 21.8. The van der Waals surface area contributed by atoms with Crippen LogP contribution in [-0.2, 0) is 7.05 Å². The average molecular weight is 495 g/mol. The van der Waals surface area contributed by atoms with E-state index in [9.17, 15) is 0 Å². The number of hydrogen-bond donors (Lipinski definition) is 1. The number of anilines is 1. The van der Waals surface area contributed by atoms with Crippen molar-refractivity contribution in [2.75, 3.05) is 37.8 Å². The number of aromatic nitrogens is 1. The summed E-state index contributed by atoms with van der Waals surface area (Å²) in [5.74, 6) is 0. The van der Waals surface area contributed by atoms with Crippen LogP contribution < -0.4 is 9.88 Å². The highest BCUT2D eigenvalue weighted by Crippen LogP contribution is 2.36. The van der Waals surface area contributed by atoms with Crippen molar-refractivity contribution in [3.63, 3.8) is 0 Å². The number of rotatable bonds is 7. The molecule has 5 aromatic rings. The predicted octanol–water partition coefficient (Wildman–Crippen LogP) is 6.96. The maximum atomic E-state index is 6.44. The molecule has 5 heteroatoms. The Balaban J connectivity index is 1.42. The normalized spacial score (nSPS) is 14.6. The summed E-state index contributed by atoms with van der Waals surface area (Å²) in [5, 5.41) is 6.10. The van der Waals surface area contributed by atoms with Gasteiger partial charge in [0.2, 0.25) is 11.1 Å². The lowest BCUT2D eigenvalue weighted by Gasteiger charge is -2.16. The lowest BCUT2D eigenvalue weighted by Crippen LogP contribution is -2.31. The number of nitrogens with zero attached hydrogens (tertiary/aromatic N) is 2. The summed E-state index contributed by atoms with van der Waals surface area (Å²) in [5.41, 5.74) is 7.67. The van der Waals surface area contributed by atoms with Crippen LogP contribution in [0.2, 0.25) is 0 Å². The molecule has 0 radical (unpaired) electrons. The topological polar surface area (TPSA) is 32.3 Å². The van der Waals surface area contributed by atoms with Gasteiger partial charge in [0.05, 0.1) is 16.5 Å². The number of fused-ring (bicyclic) bond motifs is 4. The molecule has 0 aliphatic carbocycles. The van der Waals surface area contributed by atoms with Crippen LogP contribution in [0, 0.1) is 0 Å². The zero-order chi connectivity index (χ0) is 24.5. The molecule has 1 fully saturated rings. The molecule has 3 heterocycles. The van der Waals surface area contributed by atoms with E-state index in [1.807, 2.05) is 6.07 Å². The summed E-state index contributed by atoms with van der Waals surface area (Å²) in [7, 11) is 2.15. The molecule has 0 spiro atoms. The molecule has 3 aromatic carbocycles. The van der Waals surface area contributed by atoms with Gasteiger partial charge in [-0.05, 0) is 73.6 Å². The number of para-hydroxylation sites is 1. The molecule has 1 aliphatic heterocycles. The number of benzene rings is 3. The van der Waals surface area contributed by atoms with Gasteiger partial charge in [0, 0.05) is 24.1 Å². The maximum absolute atomic E-state index is 6.44. The molecule has 36 heavy (non-hydrogen) atoms. The first-order valence-corrected chi connectivity index (χ1v) is 14.0. The molecule has 1 N–H and O–H groups in total. The summed E-state index contributed by atoms with van der Waals surface area (Å²) in [4.78, 5) is 3.83. The first-order valence-electron chi connectivity index (χ1n) is 12.8. The predicted molar refractivity (Wildman–Crippen MR) is 154 cm³/mol. The van der Waals surface area contributed by atoms with Crippen molar-refractivity contribution in [3.05, 3.63) is 77.9 Å². The Labute approximate surface area is 216 Å². The highest BCUT2D eigenvalue weighted by molar-refractivity contribution is 7.98. The van der Waals surface area contributed by atoms with Crippen LogP contribution in [0.4, 0.5) is 5.69 Å². The second kappa shape index (κ2) is 10.00. The molecule has 6 rings (SSSR count). The van der Waals surface area contributed by atoms with Gasteiger partial charge < -0.3 is 14.6 Å². The molecule has 0 amide bonds. The molecule has 0 saturated carbocycles. The van der Waals surface area contributed by atoms with Crippen LogP contribution in [0.1, 0.15) is 24.0 Å². The van der Waals surface area contributed by atoms with Gasteiger partial charge in [0.25, 0.3) is 5.52 Å². The van der Waals surface area contributed by atoms with E-state index in [1.165, 1.54) is 52.9 Å². The summed E-state index contributed by atoms with van der Waals surface area (Å²) in [6, 6.07) is 23.8. The minimum Gasteiger partial charge on any atom is -0.447 e. The molecule has 0 atom stereocenters. The van der Waals surface area contributed by atoms with E-state index in [2.05, 4.69) is 101 Å². The van der Waals surface area contributed by atoms with Crippen molar-refractivity contribution in [1.82, 2.24) is 4.90 Å². The number of nitrogens with one attached hydrogen (secondary N) is 1. The van der Waals surface area contributed by atoms with Gasteiger partial charge in [-0.2, -0.15) is 4.57 Å². The molecule has 4 nitrogen and oxygen atoms in total. The Morgan fingerprint density at radius 1 is 0.944 bits per heavy atom. The number of aryl methyl sites for hydroxylation is 1. The molecular weight excluding hydrogens is 462 g/mol. The SMILES string of the molecule is CSc1ccc(/C=C/c2ccc3c(NCCN4CCCC4)c4oc5ccccc5c4[n+](C)c3c2)cc1. The Morgan fingerprint density at radius 2 is 1.69 bits per heavy atom. The van der Waals surface area contributed by atoms with Crippen LogP contribution in [0.15, 0.2) is 76.0 Å². The highest BCUT2D eigenvalue weighted by atomic mass is 32.2. The Kier molecular flexibility index (Phi) is 6.43. The van der Waals surface area contributed by atoms with E-state index < -0.39 is 0 Å². The van der Waals surface area contributed by atoms with Gasteiger partial charge in [-0.15, -0.1) is 11.8 Å². The number of furan rings is 1. The number of pyridine rings is 1. The van der Waals surface area contributed by atoms with Crippen molar-refractivity contribution < 1.29 is 8.98 Å². The quantitative estimate of drug-likeness (QED) is 0.151. The lowest BCUT2D eigenvalue weighted by atomic mass is 10.1. The van der Waals surface area contributed by atoms with Gasteiger partial charge in [0.15, 0.2) is 0 Å². The standard InChI is InChI=1S/C31H31N3OS/c1-33-27-21-23(10-9-22-11-14-24(36-2)15-12-22)13-16-25(27)29(32-17-20-34-18-5-6-19-34)31-30(33)26-7-3-4-8-28(26)35-31/h3-4,7-16,21H,5-6,17-20H2,1-2H3/p+1/b10-9+. The zero-order valence-electron chi connectivity index (χ0n) is 21.0. The third-order valence-electron chi connectivity index (χ3n) is 7.30. The van der Waals surface area contributed by atoms with Gasteiger partial charge in [-0.1, -0.05) is 42.5 Å². The van der Waals surface area contributed by atoms with Crippen molar-refractivity contribution in [3.8, 4) is 0 Å². The molecule has 0 unspecified atom stereocenters. The van der Waals surface area contributed by atoms with Crippen molar-refractivity contribution in [1.29, 1.82) is 0 Å². The van der Waals surface area contributed by atoms with Gasteiger partial charge >= 0.3 is 0 Å². The Morgan fingerprint density at radius 3 is 2.50 bits per heavy atom. The number of thioether (sulfide) groups is 1. The fourth-order valence-electron chi connectivity index (χ4n) is 5.35. The number of hydrogen-bond acceptors (Lipinski definition) is 4.